The number of fused-ring (bicyclic) bond motifs is 1. The second-order valence-corrected chi connectivity index (χ2v) is 7.42. The summed E-state index contributed by atoms with van der Waals surface area (Å²) in [5.41, 5.74) is 0.341. The smallest absolute Gasteiger partial charge is 0.0685 e. The zero-order chi connectivity index (χ0) is 12.3. The Labute approximate surface area is 110 Å². The molecule has 0 bridgehead atoms. The minimum absolute atomic E-state index is 0.341. The monoisotopic (exact) mass is 250 g/mol. The third-order valence-corrected chi connectivity index (χ3v) is 5.80. The second-order valence-electron chi connectivity index (χ2n) is 7.42. The zero-order valence-electron chi connectivity index (χ0n) is 11.7. The molecule has 4 unspecified atom stereocenters. The summed E-state index contributed by atoms with van der Waals surface area (Å²) < 4.78 is 5.88. The lowest BCUT2D eigenvalue weighted by Crippen LogP contribution is -2.67. The summed E-state index contributed by atoms with van der Waals surface area (Å²) in [4.78, 5) is 2.70. The molecule has 0 radical (unpaired) electrons. The van der Waals surface area contributed by atoms with Gasteiger partial charge in [-0.1, -0.05) is 13.8 Å². The highest BCUT2D eigenvalue weighted by atomic mass is 16.5. The first-order valence-electron chi connectivity index (χ1n) is 7.78. The van der Waals surface area contributed by atoms with Crippen molar-refractivity contribution in [2.45, 2.75) is 63.8 Å². The molecule has 2 aliphatic carbocycles. The molecule has 4 atom stereocenters. The van der Waals surface area contributed by atoms with Crippen LogP contribution in [0.5, 0.6) is 0 Å². The Hall–Kier alpha value is -0.120. The van der Waals surface area contributed by atoms with Gasteiger partial charge in [-0.05, 0) is 25.7 Å². The van der Waals surface area contributed by atoms with Crippen LogP contribution in [0.4, 0.5) is 0 Å². The molecular formula is C15H26N2O. The topological polar surface area (TPSA) is 24.5 Å². The Morgan fingerprint density at radius 3 is 2.78 bits per heavy atom. The maximum absolute atomic E-state index is 5.88. The van der Waals surface area contributed by atoms with Gasteiger partial charge >= 0.3 is 0 Å². The molecule has 2 aliphatic heterocycles. The van der Waals surface area contributed by atoms with Gasteiger partial charge in [0.05, 0.1) is 6.10 Å². The molecule has 102 valence electrons. The standard InChI is InChI=1S/C15H26N2O/c1-15(2)13(12-6-8-18-14(12)15)16-10-5-7-17(9-10)11-3-4-11/h10-14,16H,3-9H2,1-2H3. The first-order chi connectivity index (χ1) is 8.66. The summed E-state index contributed by atoms with van der Waals surface area (Å²) in [5, 5.41) is 3.97. The molecule has 3 nitrogen and oxygen atoms in total. The molecule has 4 fully saturated rings. The van der Waals surface area contributed by atoms with Gasteiger partial charge in [0.25, 0.3) is 0 Å². The molecular weight excluding hydrogens is 224 g/mol. The predicted molar refractivity (Wildman–Crippen MR) is 71.6 cm³/mol. The quantitative estimate of drug-likeness (QED) is 0.824. The number of nitrogens with one attached hydrogen (secondary N) is 1. The van der Waals surface area contributed by atoms with Crippen molar-refractivity contribution in [3.05, 3.63) is 0 Å². The molecule has 4 rings (SSSR count). The molecule has 0 aromatic rings. The summed E-state index contributed by atoms with van der Waals surface area (Å²) >= 11 is 0. The van der Waals surface area contributed by atoms with E-state index in [0.29, 0.717) is 17.6 Å². The van der Waals surface area contributed by atoms with Crippen LogP contribution in [0.1, 0.15) is 39.5 Å². The van der Waals surface area contributed by atoms with E-state index in [-0.39, 0.29) is 0 Å². The van der Waals surface area contributed by atoms with Crippen LogP contribution in [0.15, 0.2) is 0 Å². The average molecular weight is 250 g/mol. The van der Waals surface area contributed by atoms with Crippen molar-refractivity contribution >= 4 is 0 Å². The van der Waals surface area contributed by atoms with E-state index in [2.05, 4.69) is 24.1 Å². The molecule has 0 spiro atoms. The fourth-order valence-corrected chi connectivity index (χ4v) is 4.61. The van der Waals surface area contributed by atoms with Crippen LogP contribution >= 0.6 is 0 Å². The molecule has 0 aromatic carbocycles. The van der Waals surface area contributed by atoms with Crippen LogP contribution in [-0.4, -0.2) is 48.8 Å². The maximum atomic E-state index is 5.88. The van der Waals surface area contributed by atoms with E-state index in [1.165, 1.54) is 38.8 Å². The molecule has 0 amide bonds. The SMILES string of the molecule is CC1(C)C(NC2CCN(C3CC3)C2)C2CCOC21. The Balaban J connectivity index is 1.37. The number of rotatable bonds is 3. The Morgan fingerprint density at radius 1 is 1.17 bits per heavy atom. The highest BCUT2D eigenvalue weighted by Crippen LogP contribution is 2.52. The van der Waals surface area contributed by atoms with Gasteiger partial charge < -0.3 is 10.1 Å². The highest BCUT2D eigenvalue weighted by Gasteiger charge is 2.59. The number of nitrogens with zero attached hydrogens (tertiary/aromatic N) is 1. The van der Waals surface area contributed by atoms with Crippen LogP contribution in [-0.2, 0) is 4.74 Å². The van der Waals surface area contributed by atoms with Crippen LogP contribution in [0.2, 0.25) is 0 Å². The van der Waals surface area contributed by atoms with Crippen molar-refractivity contribution in [1.29, 1.82) is 0 Å². The largest absolute Gasteiger partial charge is 0.377 e. The van der Waals surface area contributed by atoms with Gasteiger partial charge in [0.15, 0.2) is 0 Å². The van der Waals surface area contributed by atoms with E-state index in [9.17, 15) is 0 Å². The van der Waals surface area contributed by atoms with Crippen molar-refractivity contribution in [2.24, 2.45) is 11.3 Å². The Morgan fingerprint density at radius 2 is 2.00 bits per heavy atom. The van der Waals surface area contributed by atoms with E-state index in [4.69, 9.17) is 4.74 Å². The van der Waals surface area contributed by atoms with Gasteiger partial charge in [-0.3, -0.25) is 4.90 Å². The fourth-order valence-electron chi connectivity index (χ4n) is 4.61. The molecule has 1 N–H and O–H groups in total. The minimum Gasteiger partial charge on any atom is -0.377 e. The van der Waals surface area contributed by atoms with Crippen molar-refractivity contribution in [2.75, 3.05) is 19.7 Å². The van der Waals surface area contributed by atoms with E-state index in [0.717, 1.165) is 24.6 Å². The second kappa shape index (κ2) is 3.94. The summed E-state index contributed by atoms with van der Waals surface area (Å²) in [6.07, 6.45) is 6.03. The van der Waals surface area contributed by atoms with Crippen molar-refractivity contribution in [1.82, 2.24) is 10.2 Å². The first-order valence-corrected chi connectivity index (χ1v) is 7.78. The van der Waals surface area contributed by atoms with Crippen LogP contribution in [0.3, 0.4) is 0 Å². The Bertz CT molecular complexity index is 339. The molecule has 0 aromatic heterocycles. The predicted octanol–water partition coefficient (Wildman–Crippen LogP) is 1.63. The lowest BCUT2D eigenvalue weighted by molar-refractivity contribution is -0.115. The number of hydrogen-bond acceptors (Lipinski definition) is 3. The van der Waals surface area contributed by atoms with Gasteiger partial charge in [0.2, 0.25) is 0 Å². The van der Waals surface area contributed by atoms with Gasteiger partial charge in [-0.2, -0.15) is 0 Å². The van der Waals surface area contributed by atoms with Crippen molar-refractivity contribution in [3.63, 3.8) is 0 Å². The first kappa shape index (κ1) is 11.7. The molecule has 2 saturated heterocycles. The van der Waals surface area contributed by atoms with Gasteiger partial charge in [0.1, 0.15) is 0 Å². The lowest BCUT2D eigenvalue weighted by Gasteiger charge is -2.55. The third-order valence-electron chi connectivity index (χ3n) is 5.80. The molecule has 4 aliphatic rings. The van der Waals surface area contributed by atoms with Crippen molar-refractivity contribution < 1.29 is 4.74 Å². The fraction of sp³-hybridized carbons (Fsp3) is 1.00. The number of likely N-dealkylation sites (tertiary alicyclic amines) is 1. The van der Waals surface area contributed by atoms with Crippen LogP contribution in [0, 0.1) is 11.3 Å². The Kier molecular flexibility index (Phi) is 2.56. The average Bonchev–Trinajstić information content (AvgIpc) is 2.93. The number of hydrogen-bond donors (Lipinski definition) is 1. The molecule has 18 heavy (non-hydrogen) atoms. The van der Waals surface area contributed by atoms with Crippen LogP contribution in [0.25, 0.3) is 0 Å². The molecule has 2 heterocycles. The van der Waals surface area contributed by atoms with Crippen LogP contribution < -0.4 is 5.32 Å². The molecule has 3 heteroatoms. The summed E-state index contributed by atoms with van der Waals surface area (Å²) in [6.45, 7) is 8.35. The summed E-state index contributed by atoms with van der Waals surface area (Å²) in [5.74, 6) is 0.787. The van der Waals surface area contributed by atoms with E-state index in [1.807, 2.05) is 0 Å². The summed E-state index contributed by atoms with van der Waals surface area (Å²) in [6, 6.07) is 2.36. The van der Waals surface area contributed by atoms with Gasteiger partial charge in [-0.15, -0.1) is 0 Å². The van der Waals surface area contributed by atoms with E-state index >= 15 is 0 Å². The van der Waals surface area contributed by atoms with Crippen molar-refractivity contribution in [3.8, 4) is 0 Å². The maximum Gasteiger partial charge on any atom is 0.0685 e. The zero-order valence-corrected chi connectivity index (χ0v) is 11.7. The van der Waals surface area contributed by atoms with Gasteiger partial charge in [0, 0.05) is 49.2 Å². The van der Waals surface area contributed by atoms with Gasteiger partial charge in [-0.25, -0.2) is 0 Å². The normalized spacial score (nSPS) is 47.0. The minimum atomic E-state index is 0.341. The lowest BCUT2D eigenvalue weighted by atomic mass is 9.57. The highest BCUT2D eigenvalue weighted by molar-refractivity contribution is 5.12. The van der Waals surface area contributed by atoms with E-state index < -0.39 is 0 Å². The number of ether oxygens (including phenoxy) is 1. The molecule has 2 saturated carbocycles. The third kappa shape index (κ3) is 1.67. The van der Waals surface area contributed by atoms with E-state index in [1.54, 1.807) is 0 Å². The summed E-state index contributed by atoms with van der Waals surface area (Å²) in [7, 11) is 0.